The molecule has 0 amide bonds. The highest BCUT2D eigenvalue weighted by molar-refractivity contribution is 5.08. The topological polar surface area (TPSA) is 30.5 Å². The first-order chi connectivity index (χ1) is 8.85. The van der Waals surface area contributed by atoms with Crippen LogP contribution in [0.2, 0.25) is 0 Å². The Morgan fingerprint density at radius 2 is 1.94 bits per heavy atom. The van der Waals surface area contributed by atoms with Gasteiger partial charge in [-0.25, -0.2) is 0 Å². The quantitative estimate of drug-likeness (QED) is 0.838. The molecule has 1 saturated heterocycles. The Balaban J connectivity index is 1.65. The van der Waals surface area contributed by atoms with E-state index in [1.54, 1.807) is 0 Å². The summed E-state index contributed by atoms with van der Waals surface area (Å²) < 4.78 is 11.8. The van der Waals surface area contributed by atoms with Gasteiger partial charge in [-0.1, -0.05) is 25.7 Å². The van der Waals surface area contributed by atoms with Crippen molar-refractivity contribution in [3.05, 3.63) is 0 Å². The molecule has 0 aromatic heterocycles. The summed E-state index contributed by atoms with van der Waals surface area (Å²) in [4.78, 5) is 0. The van der Waals surface area contributed by atoms with Gasteiger partial charge in [0.1, 0.15) is 0 Å². The molecule has 1 spiro atoms. The van der Waals surface area contributed by atoms with Crippen LogP contribution in [0, 0.1) is 5.41 Å². The van der Waals surface area contributed by atoms with Crippen LogP contribution in [0.15, 0.2) is 0 Å². The third-order valence-corrected chi connectivity index (χ3v) is 5.41. The molecule has 104 valence electrons. The molecule has 0 radical (unpaired) electrons. The second-order valence-corrected chi connectivity index (χ2v) is 6.33. The number of hydrogen-bond acceptors (Lipinski definition) is 3. The van der Waals surface area contributed by atoms with Gasteiger partial charge in [0.15, 0.2) is 0 Å². The zero-order valence-electron chi connectivity index (χ0n) is 11.6. The molecule has 1 N–H and O–H groups in total. The molecule has 2 aliphatic carbocycles. The normalized spacial score (nSPS) is 39.5. The number of ether oxygens (including phenoxy) is 2. The fourth-order valence-corrected chi connectivity index (χ4v) is 4.25. The van der Waals surface area contributed by atoms with Gasteiger partial charge in [0, 0.05) is 18.1 Å². The van der Waals surface area contributed by atoms with Crippen LogP contribution >= 0.6 is 0 Å². The van der Waals surface area contributed by atoms with Gasteiger partial charge in [0.05, 0.1) is 18.8 Å². The Bertz CT molecular complexity index is 268. The van der Waals surface area contributed by atoms with Gasteiger partial charge in [0.25, 0.3) is 0 Å². The van der Waals surface area contributed by atoms with Crippen molar-refractivity contribution in [1.82, 2.24) is 5.32 Å². The van der Waals surface area contributed by atoms with E-state index in [9.17, 15) is 0 Å². The summed E-state index contributed by atoms with van der Waals surface area (Å²) in [6, 6.07) is 0.683. The third-order valence-electron chi connectivity index (χ3n) is 5.41. The number of nitrogens with one attached hydrogen (secondary N) is 1. The van der Waals surface area contributed by atoms with Crippen LogP contribution < -0.4 is 5.32 Å². The van der Waals surface area contributed by atoms with E-state index in [0.717, 1.165) is 19.6 Å². The van der Waals surface area contributed by atoms with Crippen molar-refractivity contribution in [2.75, 3.05) is 20.3 Å². The zero-order chi connectivity index (χ0) is 12.4. The maximum atomic E-state index is 6.36. The van der Waals surface area contributed by atoms with Crippen LogP contribution in [-0.2, 0) is 9.47 Å². The van der Waals surface area contributed by atoms with Gasteiger partial charge < -0.3 is 14.8 Å². The van der Waals surface area contributed by atoms with Gasteiger partial charge in [0.2, 0.25) is 0 Å². The first-order valence-corrected chi connectivity index (χ1v) is 7.75. The maximum absolute atomic E-state index is 6.36. The molecular formula is C15H27NO2. The van der Waals surface area contributed by atoms with E-state index < -0.39 is 0 Å². The van der Waals surface area contributed by atoms with Crippen molar-refractivity contribution in [1.29, 1.82) is 0 Å². The molecule has 3 aliphatic rings. The molecule has 0 bridgehead atoms. The van der Waals surface area contributed by atoms with Crippen molar-refractivity contribution in [3.8, 4) is 0 Å². The number of hydrogen-bond donors (Lipinski definition) is 1. The summed E-state index contributed by atoms with van der Waals surface area (Å²) in [6.07, 6.45) is 11.5. The molecule has 18 heavy (non-hydrogen) atoms. The Morgan fingerprint density at radius 1 is 1.17 bits per heavy atom. The highest BCUT2D eigenvalue weighted by Crippen LogP contribution is 2.52. The second-order valence-electron chi connectivity index (χ2n) is 6.33. The Morgan fingerprint density at radius 3 is 2.56 bits per heavy atom. The molecule has 3 heteroatoms. The number of rotatable bonds is 3. The van der Waals surface area contributed by atoms with Crippen LogP contribution in [0.1, 0.15) is 51.4 Å². The predicted octanol–water partition coefficient (Wildman–Crippen LogP) is 2.49. The van der Waals surface area contributed by atoms with Crippen LogP contribution in [0.5, 0.6) is 0 Å². The van der Waals surface area contributed by atoms with Gasteiger partial charge in [-0.15, -0.1) is 0 Å². The summed E-state index contributed by atoms with van der Waals surface area (Å²) >= 11 is 0. The monoisotopic (exact) mass is 253 g/mol. The van der Waals surface area contributed by atoms with Gasteiger partial charge in [-0.3, -0.25) is 0 Å². The maximum Gasteiger partial charge on any atom is 0.0834 e. The highest BCUT2D eigenvalue weighted by Gasteiger charge is 2.55. The van der Waals surface area contributed by atoms with Crippen LogP contribution in [0.25, 0.3) is 0 Å². The van der Waals surface area contributed by atoms with Crippen LogP contribution in [-0.4, -0.2) is 38.5 Å². The van der Waals surface area contributed by atoms with Crippen molar-refractivity contribution >= 4 is 0 Å². The van der Waals surface area contributed by atoms with Gasteiger partial charge >= 0.3 is 0 Å². The van der Waals surface area contributed by atoms with Crippen LogP contribution in [0.4, 0.5) is 0 Å². The van der Waals surface area contributed by atoms with Crippen molar-refractivity contribution in [2.24, 2.45) is 5.41 Å². The standard InChI is InChI=1S/C15H27NO2/c1-16-13-10-14(18-12-6-9-17-11-12)15(13)7-4-2-3-5-8-15/h12-14,16H,2-11H2,1H3. The average molecular weight is 253 g/mol. The van der Waals surface area contributed by atoms with E-state index in [0.29, 0.717) is 23.7 Å². The van der Waals surface area contributed by atoms with Crippen LogP contribution in [0.3, 0.4) is 0 Å². The fourth-order valence-electron chi connectivity index (χ4n) is 4.25. The molecule has 1 aliphatic heterocycles. The summed E-state index contributed by atoms with van der Waals surface area (Å²) in [6.45, 7) is 1.71. The molecule has 3 atom stereocenters. The van der Waals surface area contributed by atoms with Gasteiger partial charge in [-0.05, 0) is 32.7 Å². The molecule has 0 aromatic rings. The van der Waals surface area contributed by atoms with E-state index in [-0.39, 0.29) is 0 Å². The minimum Gasteiger partial charge on any atom is -0.379 e. The minimum absolute atomic E-state index is 0.368. The fraction of sp³-hybridized carbons (Fsp3) is 1.00. The predicted molar refractivity (Wildman–Crippen MR) is 71.7 cm³/mol. The first kappa shape index (κ1) is 12.9. The highest BCUT2D eigenvalue weighted by atomic mass is 16.6. The minimum atomic E-state index is 0.368. The molecule has 3 unspecified atom stereocenters. The molecule has 3 nitrogen and oxygen atoms in total. The molecule has 3 rings (SSSR count). The van der Waals surface area contributed by atoms with E-state index in [2.05, 4.69) is 12.4 Å². The Labute approximate surface area is 111 Å². The Hall–Kier alpha value is -0.120. The SMILES string of the molecule is CNC1CC(OC2CCOC2)C12CCCCCC2. The first-order valence-electron chi connectivity index (χ1n) is 7.75. The summed E-state index contributed by atoms with van der Waals surface area (Å²) in [7, 11) is 2.12. The van der Waals surface area contributed by atoms with Gasteiger partial charge in [-0.2, -0.15) is 0 Å². The van der Waals surface area contributed by atoms with Crippen molar-refractivity contribution < 1.29 is 9.47 Å². The summed E-state index contributed by atoms with van der Waals surface area (Å²) in [5.41, 5.74) is 0.438. The smallest absolute Gasteiger partial charge is 0.0834 e. The van der Waals surface area contributed by atoms with Crippen molar-refractivity contribution in [3.63, 3.8) is 0 Å². The summed E-state index contributed by atoms with van der Waals surface area (Å²) in [5, 5.41) is 3.53. The van der Waals surface area contributed by atoms with E-state index in [4.69, 9.17) is 9.47 Å². The second kappa shape index (κ2) is 5.48. The zero-order valence-corrected chi connectivity index (χ0v) is 11.6. The molecule has 2 saturated carbocycles. The summed E-state index contributed by atoms with van der Waals surface area (Å²) in [5.74, 6) is 0. The van der Waals surface area contributed by atoms with Crippen molar-refractivity contribution in [2.45, 2.75) is 69.6 Å². The van der Waals surface area contributed by atoms with E-state index in [1.807, 2.05) is 0 Å². The average Bonchev–Trinajstić information content (AvgIpc) is 2.74. The molecule has 1 heterocycles. The lowest BCUT2D eigenvalue weighted by molar-refractivity contribution is -0.167. The largest absolute Gasteiger partial charge is 0.379 e. The lowest BCUT2D eigenvalue weighted by Gasteiger charge is -2.56. The molecular weight excluding hydrogens is 226 g/mol. The molecule has 3 fully saturated rings. The lowest BCUT2D eigenvalue weighted by atomic mass is 9.58. The lowest BCUT2D eigenvalue weighted by Crippen LogP contribution is -2.63. The van der Waals surface area contributed by atoms with E-state index >= 15 is 0 Å². The van der Waals surface area contributed by atoms with E-state index in [1.165, 1.54) is 44.9 Å². The molecule has 0 aromatic carbocycles. The third kappa shape index (κ3) is 2.21. The Kier molecular flexibility index (Phi) is 3.92.